The number of carbonyl (C=O) groups is 1. The summed E-state index contributed by atoms with van der Waals surface area (Å²) >= 11 is 0. The molecule has 2 N–H and O–H groups in total. The summed E-state index contributed by atoms with van der Waals surface area (Å²) in [6.45, 7) is 6.47. The van der Waals surface area contributed by atoms with E-state index in [2.05, 4.69) is 5.32 Å². The predicted octanol–water partition coefficient (Wildman–Crippen LogP) is 4.39. The number of benzene rings is 2. The Bertz CT molecular complexity index is 1200. The monoisotopic (exact) mass is 542 g/mol. The molecule has 0 spiro atoms. The number of halogens is 3. The lowest BCUT2D eigenvalue weighted by Crippen LogP contribution is -2.51. The fourth-order valence-electron chi connectivity index (χ4n) is 4.31. The lowest BCUT2D eigenvalue weighted by atomic mass is 9.98. The van der Waals surface area contributed by atoms with E-state index >= 15 is 0 Å². The lowest BCUT2D eigenvalue weighted by Gasteiger charge is -2.30. The highest BCUT2D eigenvalue weighted by Crippen LogP contribution is 2.35. The Kier molecular flexibility index (Phi) is 8.60. The van der Waals surface area contributed by atoms with Crippen molar-refractivity contribution < 1.29 is 36.2 Å². The number of nitrogens with one attached hydrogen (secondary N) is 1. The van der Waals surface area contributed by atoms with Gasteiger partial charge in [0.15, 0.2) is 0 Å². The van der Waals surface area contributed by atoms with Crippen LogP contribution in [0.1, 0.15) is 44.4 Å². The molecule has 3 rings (SSSR count). The van der Waals surface area contributed by atoms with Crippen molar-refractivity contribution in [2.45, 2.75) is 69.4 Å². The maximum Gasteiger partial charge on any atom is 0.416 e. The molecular weight excluding hydrogens is 509 g/mol. The third-order valence-corrected chi connectivity index (χ3v) is 7.88. The van der Waals surface area contributed by atoms with Crippen LogP contribution in [0.25, 0.3) is 0 Å². The number of alkyl carbamates (subject to hydrolysis) is 1. The first-order valence-electron chi connectivity index (χ1n) is 12.0. The van der Waals surface area contributed by atoms with Gasteiger partial charge in [0.2, 0.25) is 10.0 Å². The molecule has 7 nitrogen and oxygen atoms in total. The molecule has 0 aromatic heterocycles. The molecule has 0 radical (unpaired) electrons. The number of aliphatic hydroxyl groups is 1. The van der Waals surface area contributed by atoms with Crippen LogP contribution >= 0.6 is 0 Å². The van der Waals surface area contributed by atoms with E-state index in [0.717, 1.165) is 28.1 Å². The predicted molar refractivity (Wildman–Crippen MR) is 132 cm³/mol. The quantitative estimate of drug-likeness (QED) is 0.565. The van der Waals surface area contributed by atoms with E-state index in [9.17, 15) is 31.5 Å². The summed E-state index contributed by atoms with van der Waals surface area (Å²) in [6.07, 6.45) is -6.34. The Labute approximate surface area is 215 Å². The second-order valence-electron chi connectivity index (χ2n) is 10.5. The summed E-state index contributed by atoms with van der Waals surface area (Å²) in [6, 6.07) is 10.8. The summed E-state index contributed by atoms with van der Waals surface area (Å²) < 4.78 is 73.1. The number of sulfonamides is 1. The van der Waals surface area contributed by atoms with Crippen LogP contribution in [0, 0.1) is 5.92 Å². The van der Waals surface area contributed by atoms with Gasteiger partial charge in [0.25, 0.3) is 0 Å². The molecular formula is C26H33F3N2O5S. The zero-order chi connectivity index (χ0) is 27.6. The van der Waals surface area contributed by atoms with Crippen molar-refractivity contribution in [2.75, 3.05) is 13.1 Å². The van der Waals surface area contributed by atoms with Gasteiger partial charge in [-0.15, -0.1) is 0 Å². The summed E-state index contributed by atoms with van der Waals surface area (Å²) in [5.41, 5.74) is -0.798. The summed E-state index contributed by atoms with van der Waals surface area (Å²) in [7, 11) is -4.21. The fourth-order valence-corrected chi connectivity index (χ4v) is 6.10. The van der Waals surface area contributed by atoms with Crippen LogP contribution in [-0.2, 0) is 33.8 Å². The highest BCUT2D eigenvalue weighted by atomic mass is 32.2. The number of carbonyl (C=O) groups excluding carboxylic acids is 1. The second-order valence-corrected chi connectivity index (χ2v) is 12.4. The van der Waals surface area contributed by atoms with Gasteiger partial charge in [0.05, 0.1) is 22.6 Å². The molecule has 1 heterocycles. The molecule has 11 heteroatoms. The number of nitrogens with zero attached hydrogens (tertiary/aromatic N) is 1. The largest absolute Gasteiger partial charge is 0.444 e. The van der Waals surface area contributed by atoms with Gasteiger partial charge in [0, 0.05) is 13.1 Å². The molecule has 2 aromatic carbocycles. The maximum absolute atomic E-state index is 13.5. The zero-order valence-corrected chi connectivity index (χ0v) is 22.1. The number of hydrogen-bond donors (Lipinski definition) is 2. The average Bonchev–Trinajstić information content (AvgIpc) is 2.85. The van der Waals surface area contributed by atoms with E-state index in [1.54, 1.807) is 39.8 Å². The Hall–Kier alpha value is -2.63. The minimum Gasteiger partial charge on any atom is -0.444 e. The molecule has 0 aliphatic carbocycles. The van der Waals surface area contributed by atoms with Crippen LogP contribution in [0.4, 0.5) is 18.0 Å². The molecule has 2 aromatic rings. The van der Waals surface area contributed by atoms with Gasteiger partial charge >= 0.3 is 12.3 Å². The van der Waals surface area contributed by atoms with E-state index in [1.165, 1.54) is 0 Å². The number of hydrogen-bond acceptors (Lipinski definition) is 5. The van der Waals surface area contributed by atoms with Crippen molar-refractivity contribution in [3.05, 3.63) is 65.2 Å². The van der Waals surface area contributed by atoms with E-state index < -0.39 is 45.6 Å². The molecule has 0 bridgehead atoms. The van der Waals surface area contributed by atoms with Crippen LogP contribution in [0.5, 0.6) is 0 Å². The highest BCUT2D eigenvalue weighted by molar-refractivity contribution is 7.89. The summed E-state index contributed by atoms with van der Waals surface area (Å²) in [5.74, 6) is -0.307. The number of β-amino-alcohol motifs (C(OH)–C–C–N with tert-alkyl or cyclic N) is 1. The van der Waals surface area contributed by atoms with Crippen molar-refractivity contribution in [3.63, 3.8) is 0 Å². The topological polar surface area (TPSA) is 95.9 Å². The van der Waals surface area contributed by atoms with Gasteiger partial charge in [-0.25, -0.2) is 13.2 Å². The van der Waals surface area contributed by atoms with Crippen molar-refractivity contribution >= 4 is 16.1 Å². The molecule has 0 saturated heterocycles. The third kappa shape index (κ3) is 7.68. The standard InChI is InChI=1S/C26H33F3N2O5S/c1-17-12-19-14-20(26(27,28)29)10-11-23(19)37(34,35)31(15-17)16-22(32)21(13-18-8-6-5-7-9-18)30-24(33)36-25(2,3)4/h5-11,14,17,21-22,32H,12-13,15-16H2,1-4H3,(H,30,33)/t17-,21-,22+/m1/s1. The van der Waals surface area contributed by atoms with Crippen LogP contribution in [0.15, 0.2) is 53.4 Å². The summed E-state index contributed by atoms with van der Waals surface area (Å²) in [4.78, 5) is 12.3. The van der Waals surface area contributed by atoms with E-state index in [4.69, 9.17) is 4.74 Å². The highest BCUT2D eigenvalue weighted by Gasteiger charge is 2.38. The van der Waals surface area contributed by atoms with Gasteiger partial charge in [-0.05, 0) is 68.9 Å². The molecule has 1 aliphatic rings. The molecule has 37 heavy (non-hydrogen) atoms. The van der Waals surface area contributed by atoms with E-state index in [1.807, 2.05) is 18.2 Å². The van der Waals surface area contributed by atoms with Gasteiger partial charge in [-0.3, -0.25) is 0 Å². The smallest absolute Gasteiger partial charge is 0.416 e. The second kappa shape index (κ2) is 11.0. The first kappa shape index (κ1) is 28.9. The van der Waals surface area contributed by atoms with Crippen LogP contribution < -0.4 is 5.32 Å². The van der Waals surface area contributed by atoms with Crippen molar-refractivity contribution in [1.29, 1.82) is 0 Å². The molecule has 3 atom stereocenters. The third-order valence-electron chi connectivity index (χ3n) is 5.95. The van der Waals surface area contributed by atoms with E-state index in [0.29, 0.717) is 0 Å². The molecule has 0 fully saturated rings. The first-order chi connectivity index (χ1) is 17.1. The average molecular weight is 543 g/mol. The Morgan fingerprint density at radius 3 is 2.41 bits per heavy atom. The zero-order valence-electron chi connectivity index (χ0n) is 21.2. The van der Waals surface area contributed by atoms with Crippen molar-refractivity contribution in [3.8, 4) is 0 Å². The van der Waals surface area contributed by atoms with E-state index in [-0.39, 0.29) is 42.3 Å². The SMILES string of the molecule is C[C@@H]1Cc2cc(C(F)(F)F)ccc2S(=O)(=O)N(C[C@H](O)[C@@H](Cc2ccccc2)NC(=O)OC(C)(C)C)C1. The Morgan fingerprint density at radius 1 is 1.16 bits per heavy atom. The Balaban J connectivity index is 1.88. The fraction of sp³-hybridized carbons (Fsp3) is 0.500. The molecule has 0 saturated carbocycles. The van der Waals surface area contributed by atoms with Gasteiger partial charge in [-0.2, -0.15) is 17.5 Å². The van der Waals surface area contributed by atoms with Crippen molar-refractivity contribution in [2.24, 2.45) is 5.92 Å². The first-order valence-corrected chi connectivity index (χ1v) is 13.4. The number of aliphatic hydroxyl groups excluding tert-OH is 1. The van der Waals surface area contributed by atoms with Crippen LogP contribution in [-0.4, -0.2) is 54.8 Å². The minimum atomic E-state index is -4.60. The summed E-state index contributed by atoms with van der Waals surface area (Å²) in [5, 5.41) is 13.8. The number of amides is 1. The lowest BCUT2D eigenvalue weighted by molar-refractivity contribution is -0.137. The van der Waals surface area contributed by atoms with Gasteiger partial charge in [-0.1, -0.05) is 37.3 Å². The molecule has 1 amide bonds. The van der Waals surface area contributed by atoms with Gasteiger partial charge < -0.3 is 15.2 Å². The van der Waals surface area contributed by atoms with Crippen LogP contribution in [0.3, 0.4) is 0 Å². The molecule has 0 unspecified atom stereocenters. The molecule has 1 aliphatic heterocycles. The molecule has 204 valence electrons. The van der Waals surface area contributed by atoms with Gasteiger partial charge in [0.1, 0.15) is 5.60 Å². The number of fused-ring (bicyclic) bond motifs is 1. The minimum absolute atomic E-state index is 0.0000803. The normalized spacial score (nSPS) is 19.8. The Morgan fingerprint density at radius 2 is 1.81 bits per heavy atom. The van der Waals surface area contributed by atoms with Crippen molar-refractivity contribution in [1.82, 2.24) is 9.62 Å². The maximum atomic E-state index is 13.5. The number of rotatable bonds is 6. The van der Waals surface area contributed by atoms with Crippen LogP contribution in [0.2, 0.25) is 0 Å². The number of ether oxygens (including phenoxy) is 1. The number of alkyl halides is 3.